The summed E-state index contributed by atoms with van der Waals surface area (Å²) in [5.74, 6) is -8.87. The molecule has 6 aromatic carbocycles. The summed E-state index contributed by atoms with van der Waals surface area (Å²) >= 11 is 0. The van der Waals surface area contributed by atoms with Crippen LogP contribution in [0.25, 0.3) is 10.8 Å². The molecule has 0 saturated carbocycles. The van der Waals surface area contributed by atoms with E-state index in [1.54, 1.807) is 97.1 Å². The molecule has 2 heterocycles. The van der Waals surface area contributed by atoms with Gasteiger partial charge in [0.05, 0.1) is 16.8 Å². The second-order valence-corrected chi connectivity index (χ2v) is 17.7. The van der Waals surface area contributed by atoms with Gasteiger partial charge < -0.3 is 36.6 Å². The largest absolute Gasteiger partial charge is 0.508 e. The molecule has 0 saturated heterocycles. The standard InChI is InChI=1S/C55H48N6O13/c62-34-20-18-33(19-21-34)30-43(49(67)57-40(55(73)74)23-25-46(64)65)59-50(68)42(29-32-12-5-2-6-13-32)58-48(66)41(28-31-10-3-1-4-11-31)56-45(63)26-27-60-51(69)38-17-9-16-37-44(24-22-39(47(37)38)52(60)70)61-53(71)35-14-7-8-15-36(35)54(61)72/h1-22,24,40-43,62H,23,25-30H2,(H,56,63)(H,57,67)(H,58,66)(H,59,68)(H,64,65)(H,73,74)/t40-,41-,42-,43-/m0/s1. The molecular formula is C55H48N6O13. The van der Waals surface area contributed by atoms with Crippen LogP contribution in [0.1, 0.15) is 77.4 Å². The van der Waals surface area contributed by atoms with Crippen molar-refractivity contribution in [1.29, 1.82) is 0 Å². The van der Waals surface area contributed by atoms with E-state index in [0.717, 1.165) is 9.80 Å². The number of fused-ring (bicyclic) bond motifs is 1. The van der Waals surface area contributed by atoms with E-state index < -0.39 is 109 Å². The normalized spacial score (nSPS) is 14.4. The molecule has 0 fully saturated rings. The number of nitrogens with zero attached hydrogens (tertiary/aromatic N) is 2. The van der Waals surface area contributed by atoms with Crippen LogP contribution < -0.4 is 26.2 Å². The number of benzene rings is 6. The Hall–Kier alpha value is -9.52. The third kappa shape index (κ3) is 11.3. The van der Waals surface area contributed by atoms with E-state index in [1.165, 1.54) is 42.5 Å². The Labute approximate surface area is 422 Å². The van der Waals surface area contributed by atoms with Gasteiger partial charge in [-0.2, -0.15) is 0 Å². The van der Waals surface area contributed by atoms with Crippen molar-refractivity contribution in [1.82, 2.24) is 26.2 Å². The molecule has 2 aliphatic rings. The molecule has 0 spiro atoms. The van der Waals surface area contributed by atoms with Crippen LogP contribution in [-0.4, -0.2) is 110 Å². The molecule has 0 bridgehead atoms. The maximum absolute atomic E-state index is 14.5. The van der Waals surface area contributed by atoms with Crippen LogP contribution in [-0.2, 0) is 48.0 Å². The first-order valence-corrected chi connectivity index (χ1v) is 23.5. The summed E-state index contributed by atoms with van der Waals surface area (Å²) in [5, 5.41) is 39.8. The second-order valence-electron chi connectivity index (χ2n) is 17.7. The highest BCUT2D eigenvalue weighted by atomic mass is 16.4. The van der Waals surface area contributed by atoms with Crippen molar-refractivity contribution in [3.05, 3.63) is 178 Å². The van der Waals surface area contributed by atoms with Gasteiger partial charge in [-0.25, -0.2) is 9.69 Å². The van der Waals surface area contributed by atoms with Crippen molar-refractivity contribution >= 4 is 75.7 Å². The molecule has 19 heteroatoms. The summed E-state index contributed by atoms with van der Waals surface area (Å²) in [6.45, 7) is -0.415. The van der Waals surface area contributed by atoms with Crippen molar-refractivity contribution in [2.24, 2.45) is 0 Å². The van der Waals surface area contributed by atoms with Gasteiger partial charge in [0, 0.05) is 60.5 Å². The molecule has 4 atom stereocenters. The molecule has 74 heavy (non-hydrogen) atoms. The minimum absolute atomic E-state index is 0.0801. The van der Waals surface area contributed by atoms with E-state index in [9.17, 15) is 63.3 Å². The third-order valence-electron chi connectivity index (χ3n) is 12.7. The van der Waals surface area contributed by atoms with Crippen molar-refractivity contribution < 1.29 is 63.3 Å². The smallest absolute Gasteiger partial charge is 0.326 e. The maximum atomic E-state index is 14.5. The van der Waals surface area contributed by atoms with Gasteiger partial charge in [0.25, 0.3) is 23.6 Å². The molecule has 8 amide bonds. The number of rotatable bonds is 21. The van der Waals surface area contributed by atoms with E-state index >= 15 is 0 Å². The number of aromatic hydroxyl groups is 1. The van der Waals surface area contributed by atoms with E-state index in [4.69, 9.17) is 0 Å². The number of hydrogen-bond donors (Lipinski definition) is 7. The molecule has 0 radical (unpaired) electrons. The molecule has 2 aliphatic heterocycles. The fourth-order valence-electron chi connectivity index (χ4n) is 8.95. The van der Waals surface area contributed by atoms with Gasteiger partial charge >= 0.3 is 11.9 Å². The molecule has 0 unspecified atom stereocenters. The first-order chi connectivity index (χ1) is 35.6. The SMILES string of the molecule is O=C(O)CC[C@H](NC(=O)[C@H](Cc1ccc(O)cc1)NC(=O)[C@H](Cc1ccccc1)NC(=O)[C@H](Cc1ccccc1)NC(=O)CCN1C(=O)c2cccc3c(N4C(=O)c5ccccc5C4=O)ccc(c23)C1=O)C(=O)O. The van der Waals surface area contributed by atoms with Crippen LogP contribution in [0.5, 0.6) is 5.75 Å². The van der Waals surface area contributed by atoms with Crippen LogP contribution in [0.4, 0.5) is 5.69 Å². The number of imide groups is 2. The monoisotopic (exact) mass is 1000 g/mol. The molecule has 0 aromatic heterocycles. The number of anilines is 1. The molecule has 19 nitrogen and oxygen atoms in total. The fourth-order valence-corrected chi connectivity index (χ4v) is 8.95. The average molecular weight is 1000 g/mol. The first kappa shape index (κ1) is 50.9. The highest BCUT2D eigenvalue weighted by Gasteiger charge is 2.40. The topological polar surface area (TPSA) is 286 Å². The fraction of sp³-hybridized carbons (Fsp3) is 0.200. The van der Waals surface area contributed by atoms with Gasteiger partial charge in [-0.05, 0) is 65.6 Å². The number of carbonyl (C=O) groups is 10. The number of carbonyl (C=O) groups excluding carboxylic acids is 8. The average Bonchev–Trinajstić information content (AvgIpc) is 3.64. The van der Waals surface area contributed by atoms with E-state index in [2.05, 4.69) is 21.3 Å². The molecule has 7 N–H and O–H groups in total. The Kier molecular flexibility index (Phi) is 15.3. The number of carboxylic acids is 2. The van der Waals surface area contributed by atoms with Crippen LogP contribution in [0.2, 0.25) is 0 Å². The summed E-state index contributed by atoms with van der Waals surface area (Å²) in [6, 6.07) is 30.9. The zero-order chi connectivity index (χ0) is 52.6. The van der Waals surface area contributed by atoms with Gasteiger partial charge in [0.2, 0.25) is 23.6 Å². The maximum Gasteiger partial charge on any atom is 0.326 e. The van der Waals surface area contributed by atoms with Crippen LogP contribution >= 0.6 is 0 Å². The lowest BCUT2D eigenvalue weighted by molar-refractivity contribution is -0.143. The summed E-state index contributed by atoms with van der Waals surface area (Å²) in [6.07, 6.45) is -1.92. The van der Waals surface area contributed by atoms with Gasteiger partial charge in [-0.3, -0.25) is 48.1 Å². The molecule has 376 valence electrons. The predicted molar refractivity (Wildman–Crippen MR) is 266 cm³/mol. The van der Waals surface area contributed by atoms with Crippen molar-refractivity contribution in [3.8, 4) is 5.75 Å². The Balaban J connectivity index is 1.00. The summed E-state index contributed by atoms with van der Waals surface area (Å²) in [7, 11) is 0. The van der Waals surface area contributed by atoms with Crippen LogP contribution in [0.3, 0.4) is 0 Å². The number of carboxylic acid groups (broad SMARTS) is 2. The number of hydrogen-bond acceptors (Lipinski definition) is 11. The van der Waals surface area contributed by atoms with Gasteiger partial charge in [0.1, 0.15) is 29.9 Å². The van der Waals surface area contributed by atoms with Crippen molar-refractivity contribution in [3.63, 3.8) is 0 Å². The highest BCUT2D eigenvalue weighted by Crippen LogP contribution is 2.39. The minimum Gasteiger partial charge on any atom is -0.508 e. The third-order valence-corrected chi connectivity index (χ3v) is 12.7. The van der Waals surface area contributed by atoms with Crippen molar-refractivity contribution in [2.45, 2.75) is 62.7 Å². The predicted octanol–water partition coefficient (Wildman–Crippen LogP) is 3.95. The number of aliphatic carboxylic acids is 2. The number of nitrogens with one attached hydrogen (secondary N) is 4. The number of amides is 8. The first-order valence-electron chi connectivity index (χ1n) is 23.5. The zero-order valence-electron chi connectivity index (χ0n) is 39.4. The van der Waals surface area contributed by atoms with E-state index in [-0.39, 0.29) is 58.3 Å². The number of phenols is 1. The summed E-state index contributed by atoms with van der Waals surface area (Å²) < 4.78 is 0. The minimum atomic E-state index is -1.63. The molecule has 6 aromatic rings. The number of phenolic OH excluding ortho intramolecular Hbond substituents is 1. The Morgan fingerprint density at radius 3 is 1.43 bits per heavy atom. The van der Waals surface area contributed by atoms with Crippen molar-refractivity contribution in [2.75, 3.05) is 11.4 Å². The van der Waals surface area contributed by atoms with Crippen LogP contribution in [0, 0.1) is 0 Å². The van der Waals surface area contributed by atoms with E-state index in [1.807, 2.05) is 0 Å². The lowest BCUT2D eigenvalue weighted by atomic mass is 9.92. The lowest BCUT2D eigenvalue weighted by Gasteiger charge is -2.29. The highest BCUT2D eigenvalue weighted by molar-refractivity contribution is 6.37. The Bertz CT molecular complexity index is 3160. The van der Waals surface area contributed by atoms with Gasteiger partial charge in [-0.15, -0.1) is 0 Å². The summed E-state index contributed by atoms with van der Waals surface area (Å²) in [4.78, 5) is 137. The molecular weight excluding hydrogens is 953 g/mol. The second kappa shape index (κ2) is 22.3. The lowest BCUT2D eigenvalue weighted by Crippen LogP contribution is -2.59. The molecule has 8 rings (SSSR count). The zero-order valence-corrected chi connectivity index (χ0v) is 39.4. The van der Waals surface area contributed by atoms with Gasteiger partial charge in [-0.1, -0.05) is 97.1 Å². The Morgan fingerprint density at radius 2 is 0.919 bits per heavy atom. The van der Waals surface area contributed by atoms with Crippen LogP contribution in [0.15, 0.2) is 140 Å². The van der Waals surface area contributed by atoms with Gasteiger partial charge in [0.15, 0.2) is 0 Å². The van der Waals surface area contributed by atoms with E-state index in [0.29, 0.717) is 22.1 Å². The molecule has 0 aliphatic carbocycles. The quantitative estimate of drug-likeness (QED) is 0.0504. The summed E-state index contributed by atoms with van der Waals surface area (Å²) in [5.41, 5.74) is 2.47. The Morgan fingerprint density at radius 1 is 0.459 bits per heavy atom.